The molecule has 0 aliphatic carbocycles. The molecule has 0 aromatic carbocycles. The van der Waals surface area contributed by atoms with Crippen molar-refractivity contribution in [1.82, 2.24) is 5.32 Å². The number of nitrogens with two attached hydrogens (primary N) is 1. The van der Waals surface area contributed by atoms with Crippen LogP contribution in [-0.4, -0.2) is 31.2 Å². The van der Waals surface area contributed by atoms with Gasteiger partial charge in [0.2, 0.25) is 5.91 Å². The highest BCUT2D eigenvalue weighted by atomic mass is 16.5. The lowest BCUT2D eigenvalue weighted by atomic mass is 10.1. The topological polar surface area (TPSA) is 64.4 Å². The van der Waals surface area contributed by atoms with Crippen LogP contribution in [0.4, 0.5) is 0 Å². The number of carbonyl (C=O) groups is 1. The van der Waals surface area contributed by atoms with Gasteiger partial charge in [0.1, 0.15) is 6.10 Å². The highest BCUT2D eigenvalue weighted by Crippen LogP contribution is 2.21. The fourth-order valence-corrected chi connectivity index (χ4v) is 1.40. The van der Waals surface area contributed by atoms with Gasteiger partial charge < -0.3 is 15.8 Å². The molecule has 1 fully saturated rings. The van der Waals surface area contributed by atoms with Crippen molar-refractivity contribution >= 4 is 5.91 Å². The summed E-state index contributed by atoms with van der Waals surface area (Å²) >= 11 is 0. The van der Waals surface area contributed by atoms with Crippen LogP contribution in [0.3, 0.4) is 0 Å². The number of rotatable bonds is 2. The summed E-state index contributed by atoms with van der Waals surface area (Å²) in [5.74, 6) is -0.0434. The predicted molar refractivity (Wildman–Crippen MR) is 45.6 cm³/mol. The maximum atomic E-state index is 11.1. The number of carbonyl (C=O) groups excluding carboxylic acids is 1. The van der Waals surface area contributed by atoms with Gasteiger partial charge >= 0.3 is 0 Å². The summed E-state index contributed by atoms with van der Waals surface area (Å²) in [7, 11) is 1.62. The van der Waals surface area contributed by atoms with E-state index < -0.39 is 0 Å². The zero-order chi connectivity index (χ0) is 9.14. The second-order valence-electron chi connectivity index (χ2n) is 3.21. The molecule has 0 spiro atoms. The van der Waals surface area contributed by atoms with Gasteiger partial charge in [0.05, 0.1) is 6.10 Å². The van der Waals surface area contributed by atoms with E-state index >= 15 is 0 Å². The first-order valence-electron chi connectivity index (χ1n) is 4.27. The van der Waals surface area contributed by atoms with Crippen LogP contribution in [0, 0.1) is 0 Å². The van der Waals surface area contributed by atoms with Gasteiger partial charge in [-0.2, -0.15) is 0 Å². The van der Waals surface area contributed by atoms with E-state index in [9.17, 15) is 4.79 Å². The fraction of sp³-hybridized carbons (Fsp3) is 0.875. The van der Waals surface area contributed by atoms with E-state index in [2.05, 4.69) is 5.32 Å². The molecular weight excluding hydrogens is 156 g/mol. The first-order chi connectivity index (χ1) is 5.65. The highest BCUT2D eigenvalue weighted by molar-refractivity contribution is 5.80. The summed E-state index contributed by atoms with van der Waals surface area (Å²) in [6.45, 7) is 1.90. The normalized spacial score (nSPS) is 31.6. The van der Waals surface area contributed by atoms with Crippen LogP contribution in [0.25, 0.3) is 0 Å². The molecule has 1 aliphatic rings. The molecule has 3 atom stereocenters. The van der Waals surface area contributed by atoms with E-state index in [0.29, 0.717) is 0 Å². The van der Waals surface area contributed by atoms with Gasteiger partial charge in [0.15, 0.2) is 0 Å². The Bertz CT molecular complexity index is 170. The Kier molecular flexibility index (Phi) is 3.05. The van der Waals surface area contributed by atoms with Crippen molar-refractivity contribution in [3.8, 4) is 0 Å². The summed E-state index contributed by atoms with van der Waals surface area (Å²) in [5, 5.41) is 2.56. The van der Waals surface area contributed by atoms with Crippen molar-refractivity contribution in [3.05, 3.63) is 0 Å². The van der Waals surface area contributed by atoms with Gasteiger partial charge in [-0.1, -0.05) is 0 Å². The molecular formula is C8H16N2O2. The van der Waals surface area contributed by atoms with Gasteiger partial charge in [0, 0.05) is 13.1 Å². The van der Waals surface area contributed by atoms with Crippen LogP contribution in [0.15, 0.2) is 0 Å². The minimum atomic E-state index is -0.286. The molecule has 1 aliphatic heterocycles. The molecule has 4 nitrogen and oxygen atoms in total. The van der Waals surface area contributed by atoms with Crippen LogP contribution < -0.4 is 11.1 Å². The zero-order valence-corrected chi connectivity index (χ0v) is 7.54. The SMILES string of the molecule is CNC(=O)[C@H]1CC[C@@H]([C@H](C)N)O1. The third kappa shape index (κ3) is 1.95. The van der Waals surface area contributed by atoms with E-state index in [0.717, 1.165) is 12.8 Å². The van der Waals surface area contributed by atoms with Gasteiger partial charge in [-0.05, 0) is 19.8 Å². The maximum Gasteiger partial charge on any atom is 0.248 e. The monoisotopic (exact) mass is 172 g/mol. The molecule has 1 saturated heterocycles. The Labute approximate surface area is 72.5 Å². The fourth-order valence-electron chi connectivity index (χ4n) is 1.40. The van der Waals surface area contributed by atoms with Crippen LogP contribution in [0.2, 0.25) is 0 Å². The summed E-state index contributed by atoms with van der Waals surface area (Å²) in [6, 6.07) is 0.0136. The van der Waals surface area contributed by atoms with Crippen molar-refractivity contribution in [2.75, 3.05) is 7.05 Å². The molecule has 0 radical (unpaired) electrons. The lowest BCUT2D eigenvalue weighted by molar-refractivity contribution is -0.131. The van der Waals surface area contributed by atoms with Crippen molar-refractivity contribution in [2.45, 2.75) is 38.0 Å². The molecule has 0 bridgehead atoms. The number of hydrogen-bond donors (Lipinski definition) is 2. The summed E-state index contributed by atoms with van der Waals surface area (Å²) in [6.07, 6.45) is 1.43. The molecule has 0 saturated carbocycles. The van der Waals surface area contributed by atoms with Crippen molar-refractivity contribution in [3.63, 3.8) is 0 Å². The molecule has 4 heteroatoms. The van der Waals surface area contributed by atoms with Gasteiger partial charge in [0.25, 0.3) is 0 Å². The van der Waals surface area contributed by atoms with E-state index in [4.69, 9.17) is 10.5 Å². The number of nitrogens with one attached hydrogen (secondary N) is 1. The molecule has 0 aromatic rings. The second-order valence-corrected chi connectivity index (χ2v) is 3.21. The maximum absolute atomic E-state index is 11.1. The molecule has 1 amide bonds. The van der Waals surface area contributed by atoms with E-state index in [1.807, 2.05) is 6.92 Å². The Balaban J connectivity index is 2.40. The standard InChI is InChI=1S/C8H16N2O2/c1-5(9)6-3-4-7(12-6)8(11)10-2/h5-7H,3-4,9H2,1-2H3,(H,10,11)/t5-,6-,7+/m0/s1. The van der Waals surface area contributed by atoms with Gasteiger partial charge in [-0.25, -0.2) is 0 Å². The summed E-state index contributed by atoms with van der Waals surface area (Å²) in [5.41, 5.74) is 5.64. The molecule has 3 N–H and O–H groups in total. The lowest BCUT2D eigenvalue weighted by Gasteiger charge is -2.15. The average molecular weight is 172 g/mol. The molecule has 1 rings (SSSR count). The summed E-state index contributed by atoms with van der Waals surface area (Å²) < 4.78 is 5.44. The van der Waals surface area contributed by atoms with Crippen molar-refractivity contribution in [1.29, 1.82) is 0 Å². The van der Waals surface area contributed by atoms with Crippen molar-refractivity contribution < 1.29 is 9.53 Å². The lowest BCUT2D eigenvalue weighted by Crippen LogP contribution is -2.36. The first-order valence-corrected chi connectivity index (χ1v) is 4.27. The smallest absolute Gasteiger partial charge is 0.248 e. The summed E-state index contributed by atoms with van der Waals surface area (Å²) in [4.78, 5) is 11.1. The van der Waals surface area contributed by atoms with Crippen LogP contribution >= 0.6 is 0 Å². The molecule has 0 aromatic heterocycles. The van der Waals surface area contributed by atoms with E-state index in [-0.39, 0.29) is 24.2 Å². The van der Waals surface area contributed by atoms with E-state index in [1.54, 1.807) is 7.05 Å². The Morgan fingerprint density at radius 3 is 2.75 bits per heavy atom. The molecule has 70 valence electrons. The van der Waals surface area contributed by atoms with Crippen LogP contribution in [0.1, 0.15) is 19.8 Å². The number of likely N-dealkylation sites (N-methyl/N-ethyl adjacent to an activating group) is 1. The Hall–Kier alpha value is -0.610. The quantitative estimate of drug-likeness (QED) is 0.597. The number of hydrogen-bond acceptors (Lipinski definition) is 3. The van der Waals surface area contributed by atoms with Gasteiger partial charge in [-0.3, -0.25) is 4.79 Å². The van der Waals surface area contributed by atoms with Crippen LogP contribution in [0.5, 0.6) is 0 Å². The number of ether oxygens (including phenoxy) is 1. The molecule has 12 heavy (non-hydrogen) atoms. The minimum Gasteiger partial charge on any atom is -0.364 e. The third-order valence-electron chi connectivity index (χ3n) is 2.18. The average Bonchev–Trinajstić information content (AvgIpc) is 2.51. The van der Waals surface area contributed by atoms with E-state index in [1.165, 1.54) is 0 Å². The second kappa shape index (κ2) is 3.87. The van der Waals surface area contributed by atoms with Crippen molar-refractivity contribution in [2.24, 2.45) is 5.73 Å². The molecule has 0 unspecified atom stereocenters. The number of amides is 1. The predicted octanol–water partition coefficient (Wildman–Crippen LogP) is -0.373. The zero-order valence-electron chi connectivity index (χ0n) is 7.54. The highest BCUT2D eigenvalue weighted by Gasteiger charge is 2.31. The largest absolute Gasteiger partial charge is 0.364 e. The Morgan fingerprint density at radius 1 is 1.67 bits per heavy atom. The Morgan fingerprint density at radius 2 is 2.33 bits per heavy atom. The molecule has 1 heterocycles. The van der Waals surface area contributed by atoms with Crippen LogP contribution in [-0.2, 0) is 9.53 Å². The van der Waals surface area contributed by atoms with Gasteiger partial charge in [-0.15, -0.1) is 0 Å². The third-order valence-corrected chi connectivity index (χ3v) is 2.18. The first kappa shape index (κ1) is 9.48. The minimum absolute atomic E-state index is 0.0136.